The maximum atomic E-state index is 13.0. The van der Waals surface area contributed by atoms with Crippen molar-refractivity contribution >= 4 is 28.6 Å². The van der Waals surface area contributed by atoms with Gasteiger partial charge in [0.2, 0.25) is 11.8 Å². The van der Waals surface area contributed by atoms with Crippen molar-refractivity contribution < 1.29 is 19.1 Å². The minimum Gasteiger partial charge on any atom is -0.496 e. The van der Waals surface area contributed by atoms with E-state index >= 15 is 0 Å². The largest absolute Gasteiger partial charge is 0.496 e. The number of carbonyl (C=O) groups is 3. The van der Waals surface area contributed by atoms with Gasteiger partial charge in [0.05, 0.1) is 13.7 Å². The topological polar surface area (TPSA) is 86.0 Å². The molecule has 3 rings (SSSR count). The van der Waals surface area contributed by atoms with Gasteiger partial charge in [-0.3, -0.25) is 14.4 Å². The zero-order chi connectivity index (χ0) is 19.7. The lowest BCUT2D eigenvalue weighted by Crippen LogP contribution is -2.61. The number of likely N-dealkylation sites (N-methyl/N-ethyl adjacent to an activating group) is 1. The second kappa shape index (κ2) is 7.30. The van der Waals surface area contributed by atoms with E-state index in [0.717, 1.165) is 10.9 Å². The van der Waals surface area contributed by atoms with E-state index in [2.05, 4.69) is 4.98 Å². The molecule has 0 bridgehead atoms. The highest BCUT2D eigenvalue weighted by Crippen LogP contribution is 2.27. The summed E-state index contributed by atoms with van der Waals surface area (Å²) in [5.74, 6) is 0.122. The van der Waals surface area contributed by atoms with Gasteiger partial charge >= 0.3 is 0 Å². The van der Waals surface area contributed by atoms with Crippen LogP contribution < -0.4 is 4.74 Å². The van der Waals surface area contributed by atoms with Crippen LogP contribution in [0.2, 0.25) is 0 Å². The quantitative estimate of drug-likeness (QED) is 0.869. The van der Waals surface area contributed by atoms with E-state index < -0.39 is 6.04 Å². The van der Waals surface area contributed by atoms with Crippen molar-refractivity contribution in [2.24, 2.45) is 0 Å². The summed E-state index contributed by atoms with van der Waals surface area (Å²) in [5, 5.41) is 0.826. The van der Waals surface area contributed by atoms with Gasteiger partial charge in [0.15, 0.2) is 0 Å². The molecule has 0 unspecified atom stereocenters. The molecule has 144 valence electrons. The minimum atomic E-state index is -0.672. The van der Waals surface area contributed by atoms with Gasteiger partial charge in [-0.05, 0) is 18.2 Å². The fourth-order valence-electron chi connectivity index (χ4n) is 3.44. The van der Waals surface area contributed by atoms with Gasteiger partial charge in [-0.25, -0.2) is 0 Å². The van der Waals surface area contributed by atoms with E-state index in [1.54, 1.807) is 32.2 Å². The lowest BCUT2D eigenvalue weighted by atomic mass is 10.1. The van der Waals surface area contributed by atoms with E-state index in [1.807, 2.05) is 18.2 Å². The minimum absolute atomic E-state index is 0.169. The lowest BCUT2D eigenvalue weighted by Gasteiger charge is -2.40. The molecule has 1 N–H and O–H groups in total. The second-order valence-electron chi connectivity index (χ2n) is 6.82. The first-order valence-corrected chi connectivity index (χ1v) is 8.77. The number of rotatable bonds is 3. The molecule has 3 amide bonds. The van der Waals surface area contributed by atoms with E-state index in [-0.39, 0.29) is 24.3 Å². The van der Waals surface area contributed by atoms with Gasteiger partial charge in [0, 0.05) is 45.0 Å². The number of nitrogens with zero attached hydrogens (tertiary/aromatic N) is 3. The third-order valence-electron chi connectivity index (χ3n) is 4.87. The van der Waals surface area contributed by atoms with Gasteiger partial charge in [-0.2, -0.15) is 0 Å². The van der Waals surface area contributed by atoms with Gasteiger partial charge < -0.3 is 24.4 Å². The molecule has 1 aromatic heterocycles. The van der Waals surface area contributed by atoms with E-state index in [0.29, 0.717) is 24.5 Å². The summed E-state index contributed by atoms with van der Waals surface area (Å²) in [4.78, 5) is 45.1. The van der Waals surface area contributed by atoms with Crippen LogP contribution in [0.1, 0.15) is 17.4 Å². The number of aromatic amines is 1. The Bertz CT molecular complexity index is 889. The Balaban J connectivity index is 1.87. The number of fused-ring (bicyclic) bond motifs is 1. The highest BCUT2D eigenvalue weighted by Gasteiger charge is 2.37. The second-order valence-corrected chi connectivity index (χ2v) is 6.82. The van der Waals surface area contributed by atoms with Crippen LogP contribution in [-0.4, -0.2) is 84.3 Å². The monoisotopic (exact) mass is 372 g/mol. The number of hydrogen-bond acceptors (Lipinski definition) is 4. The molecular formula is C19H24N4O4. The summed E-state index contributed by atoms with van der Waals surface area (Å²) in [6.45, 7) is 2.32. The van der Waals surface area contributed by atoms with Crippen molar-refractivity contribution in [3.8, 4) is 5.75 Å². The maximum Gasteiger partial charge on any atom is 0.270 e. The predicted octanol–water partition coefficient (Wildman–Crippen LogP) is 0.938. The van der Waals surface area contributed by atoms with Crippen LogP contribution in [-0.2, 0) is 9.59 Å². The Hall–Kier alpha value is -3.03. The molecule has 1 aromatic carbocycles. The fourth-order valence-corrected chi connectivity index (χ4v) is 3.44. The van der Waals surface area contributed by atoms with Gasteiger partial charge in [0.25, 0.3) is 5.91 Å². The first-order chi connectivity index (χ1) is 12.8. The molecule has 8 nitrogen and oxygen atoms in total. The number of aromatic nitrogens is 1. The average molecular weight is 372 g/mol. The van der Waals surface area contributed by atoms with Crippen LogP contribution in [0.15, 0.2) is 24.3 Å². The summed E-state index contributed by atoms with van der Waals surface area (Å²) in [7, 11) is 4.87. The average Bonchev–Trinajstić information content (AvgIpc) is 3.10. The highest BCUT2D eigenvalue weighted by atomic mass is 16.5. The first-order valence-electron chi connectivity index (χ1n) is 8.77. The van der Waals surface area contributed by atoms with Crippen molar-refractivity contribution in [1.29, 1.82) is 0 Å². The van der Waals surface area contributed by atoms with Crippen LogP contribution in [0.5, 0.6) is 5.75 Å². The Morgan fingerprint density at radius 2 is 1.96 bits per heavy atom. The van der Waals surface area contributed by atoms with Crippen molar-refractivity contribution in [3.63, 3.8) is 0 Å². The zero-order valence-electron chi connectivity index (χ0n) is 16.0. The predicted molar refractivity (Wildman–Crippen MR) is 101 cm³/mol. The number of hydrogen-bond donors (Lipinski definition) is 1. The van der Waals surface area contributed by atoms with Crippen LogP contribution in [0.3, 0.4) is 0 Å². The summed E-state index contributed by atoms with van der Waals surface area (Å²) in [6, 6.07) is 6.65. The number of ether oxygens (including phenoxy) is 1. The first kappa shape index (κ1) is 18.8. The molecule has 1 atom stereocenters. The SMILES string of the molecule is COc1cccc2[nH]c(C(=O)N3CCN(C(C)=O)[C@H](C(=O)N(C)C)C3)cc12. The Morgan fingerprint density at radius 3 is 2.59 bits per heavy atom. The number of methoxy groups -OCH3 is 1. The molecule has 1 aliphatic rings. The van der Waals surface area contributed by atoms with Gasteiger partial charge in [-0.15, -0.1) is 0 Å². The van der Waals surface area contributed by atoms with Crippen molar-refractivity contribution in [3.05, 3.63) is 30.0 Å². The van der Waals surface area contributed by atoms with Crippen molar-refractivity contribution in [2.45, 2.75) is 13.0 Å². The number of nitrogens with one attached hydrogen (secondary N) is 1. The Labute approximate surface area is 157 Å². The third kappa shape index (κ3) is 3.47. The molecule has 0 radical (unpaired) electrons. The molecule has 0 aliphatic carbocycles. The molecule has 8 heteroatoms. The van der Waals surface area contributed by atoms with E-state index in [9.17, 15) is 14.4 Å². The van der Waals surface area contributed by atoms with Crippen LogP contribution in [0.25, 0.3) is 10.9 Å². The van der Waals surface area contributed by atoms with Gasteiger partial charge in [-0.1, -0.05) is 6.07 Å². The molecule has 1 saturated heterocycles. The lowest BCUT2D eigenvalue weighted by molar-refractivity contribution is -0.146. The van der Waals surface area contributed by atoms with Crippen LogP contribution in [0, 0.1) is 0 Å². The third-order valence-corrected chi connectivity index (χ3v) is 4.87. The standard InChI is InChI=1S/C19H24N4O4/c1-12(24)23-9-8-22(11-16(23)19(26)21(2)3)18(25)15-10-13-14(20-15)6-5-7-17(13)27-4/h5-7,10,16,20H,8-9,11H2,1-4H3/t16-/m0/s1. The number of piperazine rings is 1. The van der Waals surface area contributed by atoms with Gasteiger partial charge in [0.1, 0.15) is 17.5 Å². The Morgan fingerprint density at radius 1 is 1.22 bits per heavy atom. The summed E-state index contributed by atoms with van der Waals surface area (Å²) >= 11 is 0. The van der Waals surface area contributed by atoms with E-state index in [4.69, 9.17) is 4.74 Å². The molecule has 27 heavy (non-hydrogen) atoms. The van der Waals surface area contributed by atoms with Crippen molar-refractivity contribution in [1.82, 2.24) is 19.7 Å². The molecule has 2 heterocycles. The molecule has 0 spiro atoms. The molecule has 1 aliphatic heterocycles. The number of H-pyrrole nitrogens is 1. The Kier molecular flexibility index (Phi) is 5.07. The smallest absolute Gasteiger partial charge is 0.270 e. The molecule has 1 fully saturated rings. The molecule has 0 saturated carbocycles. The normalized spacial score (nSPS) is 17.1. The number of benzene rings is 1. The van der Waals surface area contributed by atoms with Crippen molar-refractivity contribution in [2.75, 3.05) is 40.8 Å². The highest BCUT2D eigenvalue weighted by molar-refractivity contribution is 6.00. The maximum absolute atomic E-state index is 13.0. The number of amides is 3. The van der Waals surface area contributed by atoms with E-state index in [1.165, 1.54) is 16.7 Å². The summed E-state index contributed by atoms with van der Waals surface area (Å²) in [6.07, 6.45) is 0. The van der Waals surface area contributed by atoms with Crippen LogP contribution >= 0.6 is 0 Å². The zero-order valence-corrected chi connectivity index (χ0v) is 16.0. The van der Waals surface area contributed by atoms with Crippen LogP contribution in [0.4, 0.5) is 0 Å². The molecule has 2 aromatic rings. The molecular weight excluding hydrogens is 348 g/mol. The summed E-state index contributed by atoms with van der Waals surface area (Å²) < 4.78 is 5.34. The number of carbonyl (C=O) groups excluding carboxylic acids is 3. The fraction of sp³-hybridized carbons (Fsp3) is 0.421. The summed E-state index contributed by atoms with van der Waals surface area (Å²) in [5.41, 5.74) is 1.24.